The van der Waals surface area contributed by atoms with Crippen LogP contribution in [-0.2, 0) is 0 Å². The second kappa shape index (κ2) is 3.91. The first-order chi connectivity index (χ1) is 6.06. The number of halogens is 4. The Morgan fingerprint density at radius 1 is 1.54 bits per heavy atom. The molecular weight excluding hydrogens is 296 g/mol. The van der Waals surface area contributed by atoms with Gasteiger partial charge >= 0.3 is 0 Å². The van der Waals surface area contributed by atoms with Gasteiger partial charge in [0.2, 0.25) is 5.95 Å². The molecule has 0 amide bonds. The lowest BCUT2D eigenvalue weighted by atomic mass is 10.2. The number of nitriles is 1. The number of hydrogen-bond donors (Lipinski definition) is 0. The van der Waals surface area contributed by atoms with Gasteiger partial charge in [-0.15, -0.1) is 0 Å². The molecule has 0 aliphatic rings. The standard InChI is InChI=1S/C7H2F3IN2/c8-4-1-3(2-12)5(11)6(13-4)7(9)10/h1,7H. The van der Waals surface area contributed by atoms with E-state index in [2.05, 4.69) is 4.98 Å². The van der Waals surface area contributed by atoms with Crippen LogP contribution in [0.1, 0.15) is 17.7 Å². The van der Waals surface area contributed by atoms with Crippen LogP contribution in [0.25, 0.3) is 0 Å². The van der Waals surface area contributed by atoms with Crippen molar-refractivity contribution in [2.24, 2.45) is 0 Å². The zero-order chi connectivity index (χ0) is 10.0. The van der Waals surface area contributed by atoms with Crippen molar-refractivity contribution in [3.05, 3.63) is 26.8 Å². The Balaban J connectivity index is 3.38. The van der Waals surface area contributed by atoms with Crippen LogP contribution < -0.4 is 0 Å². The monoisotopic (exact) mass is 298 g/mol. The van der Waals surface area contributed by atoms with Gasteiger partial charge in [0.25, 0.3) is 6.43 Å². The van der Waals surface area contributed by atoms with Crippen molar-refractivity contribution in [3.63, 3.8) is 0 Å². The third kappa shape index (κ3) is 2.09. The molecule has 0 radical (unpaired) electrons. The molecule has 1 aromatic heterocycles. The molecule has 13 heavy (non-hydrogen) atoms. The third-order valence-electron chi connectivity index (χ3n) is 1.28. The van der Waals surface area contributed by atoms with Gasteiger partial charge in [0.05, 0.1) is 9.13 Å². The van der Waals surface area contributed by atoms with Crippen LogP contribution in [-0.4, -0.2) is 4.98 Å². The molecule has 0 aliphatic carbocycles. The van der Waals surface area contributed by atoms with Crippen molar-refractivity contribution in [2.75, 3.05) is 0 Å². The number of rotatable bonds is 1. The first-order valence-electron chi connectivity index (χ1n) is 3.10. The van der Waals surface area contributed by atoms with Gasteiger partial charge in [-0.25, -0.2) is 13.8 Å². The highest BCUT2D eigenvalue weighted by molar-refractivity contribution is 14.1. The number of alkyl halides is 2. The highest BCUT2D eigenvalue weighted by Crippen LogP contribution is 2.25. The maximum absolute atomic E-state index is 12.6. The summed E-state index contributed by atoms with van der Waals surface area (Å²) < 4.78 is 36.9. The summed E-state index contributed by atoms with van der Waals surface area (Å²) in [7, 11) is 0. The van der Waals surface area contributed by atoms with E-state index in [1.807, 2.05) is 0 Å². The lowest BCUT2D eigenvalue weighted by Crippen LogP contribution is -2.00. The van der Waals surface area contributed by atoms with Crippen molar-refractivity contribution >= 4 is 22.6 Å². The minimum atomic E-state index is -2.87. The lowest BCUT2D eigenvalue weighted by Gasteiger charge is -2.03. The number of hydrogen-bond acceptors (Lipinski definition) is 2. The maximum atomic E-state index is 12.6. The van der Waals surface area contributed by atoms with Gasteiger partial charge in [-0.1, -0.05) is 0 Å². The lowest BCUT2D eigenvalue weighted by molar-refractivity contribution is 0.143. The van der Waals surface area contributed by atoms with Crippen LogP contribution in [0, 0.1) is 20.8 Å². The molecule has 0 unspecified atom stereocenters. The van der Waals surface area contributed by atoms with Crippen LogP contribution in [0.2, 0.25) is 0 Å². The van der Waals surface area contributed by atoms with Gasteiger partial charge in [0, 0.05) is 6.07 Å². The molecule has 1 rings (SSSR count). The zero-order valence-corrected chi connectivity index (χ0v) is 8.22. The van der Waals surface area contributed by atoms with Crippen molar-refractivity contribution in [1.82, 2.24) is 4.98 Å². The summed E-state index contributed by atoms with van der Waals surface area (Å²) in [6.45, 7) is 0. The Kier molecular flexibility index (Phi) is 3.08. The van der Waals surface area contributed by atoms with Crippen LogP contribution in [0.3, 0.4) is 0 Å². The number of nitrogens with zero attached hydrogens (tertiary/aromatic N) is 2. The molecule has 0 N–H and O–H groups in total. The minimum Gasteiger partial charge on any atom is -0.218 e. The Labute approximate surface area is 85.5 Å². The Morgan fingerprint density at radius 3 is 2.62 bits per heavy atom. The molecule has 2 nitrogen and oxygen atoms in total. The predicted octanol–water partition coefficient (Wildman–Crippen LogP) is 2.63. The van der Waals surface area contributed by atoms with Gasteiger partial charge in [-0.3, -0.25) is 0 Å². The number of pyridine rings is 1. The summed E-state index contributed by atoms with van der Waals surface area (Å²) in [6.07, 6.45) is -2.87. The molecule has 0 bridgehead atoms. The fourth-order valence-corrected chi connectivity index (χ4v) is 1.38. The van der Waals surface area contributed by atoms with E-state index < -0.39 is 18.1 Å². The number of aromatic nitrogens is 1. The largest absolute Gasteiger partial charge is 0.281 e. The molecule has 6 heteroatoms. The van der Waals surface area contributed by atoms with Crippen LogP contribution in [0.4, 0.5) is 13.2 Å². The molecule has 0 aromatic carbocycles. The molecular formula is C7H2F3IN2. The van der Waals surface area contributed by atoms with E-state index in [9.17, 15) is 13.2 Å². The van der Waals surface area contributed by atoms with Crippen LogP contribution in [0.15, 0.2) is 6.07 Å². The quantitative estimate of drug-likeness (QED) is 0.590. The molecule has 1 aromatic rings. The van der Waals surface area contributed by atoms with Crippen molar-refractivity contribution < 1.29 is 13.2 Å². The average Bonchev–Trinajstić information content (AvgIpc) is 2.08. The maximum Gasteiger partial charge on any atom is 0.281 e. The molecule has 1 heterocycles. The molecule has 0 fully saturated rings. The van der Waals surface area contributed by atoms with E-state index in [4.69, 9.17) is 5.26 Å². The molecule has 68 valence electrons. The first kappa shape index (κ1) is 10.2. The summed E-state index contributed by atoms with van der Waals surface area (Å²) in [5, 5.41) is 8.45. The van der Waals surface area contributed by atoms with Crippen LogP contribution in [0.5, 0.6) is 0 Å². The van der Waals surface area contributed by atoms with Gasteiger partial charge in [-0.2, -0.15) is 9.65 Å². The Morgan fingerprint density at radius 2 is 2.15 bits per heavy atom. The van der Waals surface area contributed by atoms with E-state index >= 15 is 0 Å². The topological polar surface area (TPSA) is 36.7 Å². The van der Waals surface area contributed by atoms with Gasteiger partial charge < -0.3 is 0 Å². The van der Waals surface area contributed by atoms with E-state index in [0.29, 0.717) is 0 Å². The second-order valence-corrected chi connectivity index (χ2v) is 3.18. The third-order valence-corrected chi connectivity index (χ3v) is 2.41. The smallest absolute Gasteiger partial charge is 0.218 e. The van der Waals surface area contributed by atoms with E-state index in [1.54, 1.807) is 28.7 Å². The van der Waals surface area contributed by atoms with Crippen LogP contribution >= 0.6 is 22.6 Å². The minimum absolute atomic E-state index is 0.00324. The second-order valence-electron chi connectivity index (χ2n) is 2.10. The summed E-state index contributed by atoms with van der Waals surface area (Å²) in [5.41, 5.74) is -0.805. The highest BCUT2D eigenvalue weighted by atomic mass is 127. The molecule has 0 saturated carbocycles. The fourth-order valence-electron chi connectivity index (χ4n) is 0.743. The summed E-state index contributed by atoms with van der Waals surface area (Å²) >= 11 is 1.54. The highest BCUT2D eigenvalue weighted by Gasteiger charge is 2.17. The molecule has 0 atom stereocenters. The average molecular weight is 298 g/mol. The van der Waals surface area contributed by atoms with Crippen molar-refractivity contribution in [2.45, 2.75) is 6.43 Å². The Bertz CT molecular complexity index is 373. The summed E-state index contributed by atoms with van der Waals surface area (Å²) in [5.74, 6) is -1.06. The normalized spacial score (nSPS) is 10.2. The summed E-state index contributed by atoms with van der Waals surface area (Å²) in [6, 6.07) is 2.44. The van der Waals surface area contributed by atoms with Crippen molar-refractivity contribution in [1.29, 1.82) is 5.26 Å². The van der Waals surface area contributed by atoms with Gasteiger partial charge in [-0.05, 0) is 22.6 Å². The van der Waals surface area contributed by atoms with E-state index in [-0.39, 0.29) is 9.13 Å². The summed E-state index contributed by atoms with van der Waals surface area (Å²) in [4.78, 5) is 3.01. The zero-order valence-electron chi connectivity index (χ0n) is 6.06. The fraction of sp³-hybridized carbons (Fsp3) is 0.143. The predicted molar refractivity (Wildman–Crippen MR) is 46.6 cm³/mol. The first-order valence-corrected chi connectivity index (χ1v) is 4.18. The molecule has 0 saturated heterocycles. The van der Waals surface area contributed by atoms with Crippen molar-refractivity contribution in [3.8, 4) is 6.07 Å². The van der Waals surface area contributed by atoms with E-state index in [1.165, 1.54) is 0 Å². The molecule has 0 spiro atoms. The SMILES string of the molecule is N#Cc1cc(F)nc(C(F)F)c1I. The van der Waals surface area contributed by atoms with Gasteiger partial charge in [0.1, 0.15) is 11.8 Å². The molecule has 0 aliphatic heterocycles. The van der Waals surface area contributed by atoms with Gasteiger partial charge in [0.15, 0.2) is 0 Å². The Hall–Kier alpha value is -0.840. The van der Waals surface area contributed by atoms with E-state index in [0.717, 1.165) is 6.07 Å².